The van der Waals surface area contributed by atoms with Crippen molar-refractivity contribution in [1.82, 2.24) is 20.1 Å². The summed E-state index contributed by atoms with van der Waals surface area (Å²) in [7, 11) is -3.25. The van der Waals surface area contributed by atoms with E-state index >= 15 is 0 Å². The number of rotatable bonds is 5. The Morgan fingerprint density at radius 1 is 1.23 bits per heavy atom. The van der Waals surface area contributed by atoms with E-state index in [2.05, 4.69) is 15.8 Å². The Balaban J connectivity index is 1.39. The van der Waals surface area contributed by atoms with Crippen LogP contribution in [0.2, 0.25) is 0 Å². The molecule has 2 bridgehead atoms. The Labute approximate surface area is 153 Å². The summed E-state index contributed by atoms with van der Waals surface area (Å²) < 4.78 is 32.5. The van der Waals surface area contributed by atoms with Gasteiger partial charge in [-0.15, -0.1) is 0 Å². The number of sulfonamides is 1. The van der Waals surface area contributed by atoms with E-state index in [1.54, 1.807) is 4.31 Å². The predicted octanol–water partition coefficient (Wildman–Crippen LogP) is 0.729. The van der Waals surface area contributed by atoms with Gasteiger partial charge in [0, 0.05) is 24.2 Å². The van der Waals surface area contributed by atoms with E-state index in [-0.39, 0.29) is 41.4 Å². The maximum absolute atomic E-state index is 13.0. The number of nitrogens with one attached hydrogen (secondary N) is 2. The molecule has 144 valence electrons. The average molecular weight is 382 g/mol. The van der Waals surface area contributed by atoms with Crippen LogP contribution in [0.5, 0.6) is 0 Å². The summed E-state index contributed by atoms with van der Waals surface area (Å²) in [5.41, 5.74) is 0.262. The number of aromatic nitrogens is 1. The molecule has 1 aromatic heterocycles. The first kappa shape index (κ1) is 17.9. The Hall–Kier alpha value is -1.45. The number of amides is 1. The number of hydrogen-bond donors (Lipinski definition) is 2. The molecule has 0 aliphatic carbocycles. The van der Waals surface area contributed by atoms with Gasteiger partial charge in [0.15, 0.2) is 5.69 Å². The van der Waals surface area contributed by atoms with Crippen molar-refractivity contribution >= 4 is 15.9 Å². The largest absolute Gasteiger partial charge is 0.364 e. The number of fused-ring (bicyclic) bond motifs is 2. The van der Waals surface area contributed by atoms with Crippen LogP contribution in [0.1, 0.15) is 49.0 Å². The number of piperidine rings is 2. The van der Waals surface area contributed by atoms with Crippen LogP contribution in [0.15, 0.2) is 16.9 Å². The van der Waals surface area contributed by atoms with Gasteiger partial charge in [-0.05, 0) is 57.5 Å². The summed E-state index contributed by atoms with van der Waals surface area (Å²) in [5, 5.41) is 9.93. The van der Waals surface area contributed by atoms with E-state index in [0.717, 1.165) is 38.8 Å². The van der Waals surface area contributed by atoms with Crippen molar-refractivity contribution in [3.63, 3.8) is 0 Å². The second kappa shape index (κ2) is 7.28. The second-order valence-corrected chi connectivity index (χ2v) is 9.63. The van der Waals surface area contributed by atoms with Crippen LogP contribution in [0.4, 0.5) is 0 Å². The normalized spacial score (nSPS) is 30.4. The van der Waals surface area contributed by atoms with Gasteiger partial charge in [-0.25, -0.2) is 8.42 Å². The Kier molecular flexibility index (Phi) is 5.02. The first-order valence-corrected chi connectivity index (χ1v) is 11.1. The highest BCUT2D eigenvalue weighted by Crippen LogP contribution is 2.38. The molecule has 0 saturated carbocycles. The molecule has 3 aliphatic heterocycles. The quantitative estimate of drug-likeness (QED) is 0.778. The molecule has 0 spiro atoms. The number of nitrogens with zero attached hydrogens (tertiary/aromatic N) is 2. The smallest absolute Gasteiger partial charge is 0.273 e. The Morgan fingerprint density at radius 3 is 2.54 bits per heavy atom. The van der Waals surface area contributed by atoms with E-state index in [1.165, 1.54) is 12.3 Å². The van der Waals surface area contributed by atoms with E-state index in [0.29, 0.717) is 12.8 Å². The van der Waals surface area contributed by atoms with Crippen molar-refractivity contribution in [2.45, 2.75) is 56.7 Å². The van der Waals surface area contributed by atoms with Crippen molar-refractivity contribution < 1.29 is 17.7 Å². The number of carbonyl (C=O) groups excluding carboxylic acids is 1. The third kappa shape index (κ3) is 3.65. The Morgan fingerprint density at radius 2 is 1.92 bits per heavy atom. The topological polar surface area (TPSA) is 105 Å². The molecule has 2 N–H and O–H groups in total. The van der Waals surface area contributed by atoms with E-state index in [4.69, 9.17) is 4.52 Å². The van der Waals surface area contributed by atoms with Gasteiger partial charge < -0.3 is 15.2 Å². The van der Waals surface area contributed by atoms with Gasteiger partial charge in [0.2, 0.25) is 10.0 Å². The number of hydrogen-bond acceptors (Lipinski definition) is 6. The van der Waals surface area contributed by atoms with Gasteiger partial charge in [0.05, 0.1) is 5.75 Å². The van der Waals surface area contributed by atoms with Crippen molar-refractivity contribution in [2.24, 2.45) is 5.92 Å². The lowest BCUT2D eigenvalue weighted by Crippen LogP contribution is -2.53. The molecule has 1 amide bonds. The minimum Gasteiger partial charge on any atom is -0.364 e. The average Bonchev–Trinajstić information content (AvgIpc) is 3.23. The van der Waals surface area contributed by atoms with E-state index < -0.39 is 10.0 Å². The fourth-order valence-electron chi connectivity index (χ4n) is 4.73. The molecule has 0 radical (unpaired) electrons. The van der Waals surface area contributed by atoms with Gasteiger partial charge >= 0.3 is 0 Å². The third-order valence-corrected chi connectivity index (χ3v) is 8.03. The molecule has 26 heavy (non-hydrogen) atoms. The van der Waals surface area contributed by atoms with Crippen LogP contribution in [0.25, 0.3) is 0 Å². The van der Waals surface area contributed by atoms with Gasteiger partial charge in [-0.2, -0.15) is 4.31 Å². The minimum atomic E-state index is -3.25. The first-order chi connectivity index (χ1) is 12.5. The van der Waals surface area contributed by atoms with Crippen LogP contribution in [-0.4, -0.2) is 60.8 Å². The summed E-state index contributed by atoms with van der Waals surface area (Å²) in [6.45, 7) is 1.81. The summed E-state index contributed by atoms with van der Waals surface area (Å²) in [4.78, 5) is 12.2. The zero-order valence-corrected chi connectivity index (χ0v) is 15.6. The van der Waals surface area contributed by atoms with Crippen molar-refractivity contribution in [3.8, 4) is 0 Å². The molecule has 3 aliphatic rings. The summed E-state index contributed by atoms with van der Waals surface area (Å²) in [6, 6.07) is 1.52. The lowest BCUT2D eigenvalue weighted by molar-refractivity contribution is 0.0900. The van der Waals surface area contributed by atoms with Gasteiger partial charge in [0.25, 0.3) is 5.91 Å². The number of carbonyl (C=O) groups is 1. The Bertz CT molecular complexity index is 716. The zero-order chi connectivity index (χ0) is 18.1. The molecule has 1 aromatic rings. The highest BCUT2D eigenvalue weighted by Gasteiger charge is 2.47. The third-order valence-electron chi connectivity index (χ3n) is 5.90. The lowest BCUT2D eigenvalue weighted by Gasteiger charge is -2.39. The summed E-state index contributed by atoms with van der Waals surface area (Å²) in [5.74, 6) is 0.261. The van der Waals surface area contributed by atoms with Gasteiger partial charge in [0.1, 0.15) is 6.26 Å². The fraction of sp³-hybridized carbons (Fsp3) is 0.765. The molecule has 3 saturated heterocycles. The van der Waals surface area contributed by atoms with Gasteiger partial charge in [-0.3, -0.25) is 4.79 Å². The van der Waals surface area contributed by atoms with Crippen molar-refractivity contribution in [3.05, 3.63) is 18.0 Å². The minimum absolute atomic E-state index is 0.00285. The second-order valence-electron chi connectivity index (χ2n) is 7.71. The van der Waals surface area contributed by atoms with Crippen LogP contribution in [0, 0.1) is 5.92 Å². The van der Waals surface area contributed by atoms with Crippen LogP contribution in [-0.2, 0) is 10.0 Å². The van der Waals surface area contributed by atoms with E-state index in [9.17, 15) is 13.2 Å². The van der Waals surface area contributed by atoms with Crippen LogP contribution in [0.3, 0.4) is 0 Å². The van der Waals surface area contributed by atoms with E-state index in [1.807, 2.05) is 0 Å². The monoisotopic (exact) mass is 382 g/mol. The standard InChI is InChI=1S/C17H26N4O4S/c22-17(16-5-8-25-20-16)19-13-9-14-1-2-15(10-13)21(14)26(23,24)11-12-3-6-18-7-4-12/h5,8,12-15,18H,1-4,6-7,9-11H2,(H,19,22). The molecule has 4 rings (SSSR count). The highest BCUT2D eigenvalue weighted by molar-refractivity contribution is 7.89. The van der Waals surface area contributed by atoms with Crippen LogP contribution < -0.4 is 10.6 Å². The molecule has 0 aromatic carbocycles. The molecular formula is C17H26N4O4S. The molecule has 2 atom stereocenters. The fourth-order valence-corrected chi connectivity index (χ4v) is 7.12. The van der Waals surface area contributed by atoms with Crippen molar-refractivity contribution in [1.29, 1.82) is 0 Å². The molecule has 3 fully saturated rings. The molecule has 4 heterocycles. The van der Waals surface area contributed by atoms with Gasteiger partial charge in [-0.1, -0.05) is 5.16 Å². The summed E-state index contributed by atoms with van der Waals surface area (Å²) in [6.07, 6.45) is 6.34. The highest BCUT2D eigenvalue weighted by atomic mass is 32.2. The first-order valence-electron chi connectivity index (χ1n) is 9.46. The lowest BCUT2D eigenvalue weighted by atomic mass is 9.99. The predicted molar refractivity (Wildman–Crippen MR) is 95.0 cm³/mol. The zero-order valence-electron chi connectivity index (χ0n) is 14.8. The SMILES string of the molecule is O=C(NC1CC2CCC(C1)N2S(=O)(=O)CC1CCNCC1)c1ccon1. The summed E-state index contributed by atoms with van der Waals surface area (Å²) >= 11 is 0. The molecule has 2 unspecified atom stereocenters. The van der Waals surface area contributed by atoms with Crippen LogP contribution >= 0.6 is 0 Å². The molecule has 9 heteroatoms. The maximum atomic E-state index is 13.0. The van der Waals surface area contributed by atoms with Crippen molar-refractivity contribution in [2.75, 3.05) is 18.8 Å². The molecule has 8 nitrogen and oxygen atoms in total. The molecular weight excluding hydrogens is 356 g/mol. The maximum Gasteiger partial charge on any atom is 0.273 e.